The summed E-state index contributed by atoms with van der Waals surface area (Å²) in [4.78, 5) is 9.98. The van der Waals surface area contributed by atoms with E-state index in [0.717, 1.165) is 0 Å². The summed E-state index contributed by atoms with van der Waals surface area (Å²) < 4.78 is 5.82. The van der Waals surface area contributed by atoms with E-state index in [1.165, 1.54) is 12.1 Å². The Morgan fingerprint density at radius 3 is 2.93 bits per heavy atom. The maximum atomic E-state index is 10.5. The highest BCUT2D eigenvalue weighted by atomic mass is 79.9. The molecule has 78 valence electrons. The van der Waals surface area contributed by atoms with E-state index in [2.05, 4.69) is 15.9 Å². The fraction of sp³-hybridized carbons (Fsp3) is 0.222. The number of nitro groups is 1. The Morgan fingerprint density at radius 1 is 1.60 bits per heavy atom. The number of nitro benzene ring substituents is 1. The largest absolute Gasteiger partial charge is 0.491 e. The van der Waals surface area contributed by atoms with E-state index in [1.54, 1.807) is 6.07 Å². The number of non-ortho nitro benzene ring substituents is 1. The zero-order valence-electron chi connectivity index (χ0n) is 7.64. The quantitative estimate of drug-likeness (QED) is 0.479. The lowest BCUT2D eigenvalue weighted by molar-refractivity contribution is -0.385. The van der Waals surface area contributed by atoms with Gasteiger partial charge >= 0.3 is 0 Å². The molecule has 0 spiro atoms. The maximum absolute atomic E-state index is 10.5. The molecule has 1 rings (SSSR count). The van der Waals surface area contributed by atoms with E-state index in [0.29, 0.717) is 10.2 Å². The van der Waals surface area contributed by atoms with Crippen LogP contribution in [0.3, 0.4) is 0 Å². The Balaban J connectivity index is 2.82. The van der Waals surface area contributed by atoms with Crippen LogP contribution < -0.4 is 4.74 Å². The van der Waals surface area contributed by atoms with Gasteiger partial charge in [0.15, 0.2) is 0 Å². The zero-order chi connectivity index (χ0) is 11.3. The maximum Gasteiger partial charge on any atom is 0.273 e. The first-order valence-corrected chi connectivity index (χ1v) is 4.88. The molecule has 0 fully saturated rings. The van der Waals surface area contributed by atoms with Crippen molar-refractivity contribution < 1.29 is 9.66 Å². The van der Waals surface area contributed by atoms with Gasteiger partial charge in [-0.25, -0.2) is 0 Å². The van der Waals surface area contributed by atoms with Crippen molar-refractivity contribution in [3.63, 3.8) is 0 Å². The molecule has 0 N–H and O–H groups in total. The summed E-state index contributed by atoms with van der Waals surface area (Å²) >= 11 is 3.20. The Hall–Kier alpha value is -1.61. The van der Waals surface area contributed by atoms with Gasteiger partial charge in [-0.3, -0.25) is 10.1 Å². The van der Waals surface area contributed by atoms with Gasteiger partial charge in [0.25, 0.3) is 5.69 Å². The van der Waals surface area contributed by atoms with E-state index >= 15 is 0 Å². The second-order valence-electron chi connectivity index (χ2n) is 2.63. The molecule has 0 aliphatic carbocycles. The number of nitriles is 1. The van der Waals surface area contributed by atoms with E-state index in [-0.39, 0.29) is 18.7 Å². The van der Waals surface area contributed by atoms with Crippen molar-refractivity contribution in [1.82, 2.24) is 0 Å². The van der Waals surface area contributed by atoms with E-state index in [1.807, 2.05) is 6.07 Å². The molecule has 0 amide bonds. The number of nitrogens with zero attached hydrogens (tertiary/aromatic N) is 2. The molecule has 15 heavy (non-hydrogen) atoms. The minimum atomic E-state index is -0.496. The van der Waals surface area contributed by atoms with Crippen molar-refractivity contribution in [2.24, 2.45) is 0 Å². The molecule has 0 aliphatic heterocycles. The summed E-state index contributed by atoms with van der Waals surface area (Å²) in [6.07, 6.45) is 0.245. The molecule has 1 aromatic carbocycles. The second-order valence-corrected chi connectivity index (χ2v) is 3.48. The van der Waals surface area contributed by atoms with Gasteiger partial charge in [0.2, 0.25) is 0 Å². The fourth-order valence-corrected chi connectivity index (χ4v) is 1.28. The summed E-state index contributed by atoms with van der Waals surface area (Å²) in [5, 5.41) is 18.8. The Morgan fingerprint density at radius 2 is 2.33 bits per heavy atom. The summed E-state index contributed by atoms with van der Waals surface area (Å²) in [5.41, 5.74) is -0.0369. The molecule has 0 aromatic heterocycles. The van der Waals surface area contributed by atoms with Crippen LogP contribution in [0.1, 0.15) is 6.42 Å². The van der Waals surface area contributed by atoms with Crippen LogP contribution in [0, 0.1) is 21.4 Å². The van der Waals surface area contributed by atoms with Gasteiger partial charge < -0.3 is 4.74 Å². The molecule has 1 aromatic rings. The molecule has 6 heteroatoms. The summed E-state index contributed by atoms with van der Waals surface area (Å²) in [6.45, 7) is 0.219. The van der Waals surface area contributed by atoms with Crippen molar-refractivity contribution in [3.8, 4) is 11.8 Å². The van der Waals surface area contributed by atoms with Crippen LogP contribution in [-0.4, -0.2) is 11.5 Å². The van der Waals surface area contributed by atoms with E-state index in [4.69, 9.17) is 10.00 Å². The first kappa shape index (κ1) is 11.5. The number of rotatable bonds is 4. The standard InChI is InChI=1S/C9H7BrN2O3/c10-8-3-2-7(12(13)14)6-9(8)15-5-1-4-11/h2-3,6H,1,5H2. The fourth-order valence-electron chi connectivity index (χ4n) is 0.923. The van der Waals surface area contributed by atoms with Crippen LogP contribution in [0.15, 0.2) is 22.7 Å². The number of hydrogen-bond acceptors (Lipinski definition) is 4. The molecule has 0 radical (unpaired) electrons. The van der Waals surface area contributed by atoms with Crippen LogP contribution in [0.5, 0.6) is 5.75 Å². The first-order chi connectivity index (χ1) is 7.15. The topological polar surface area (TPSA) is 76.2 Å². The van der Waals surface area contributed by atoms with Crippen LogP contribution in [0.4, 0.5) is 5.69 Å². The van der Waals surface area contributed by atoms with Gasteiger partial charge in [-0.1, -0.05) is 0 Å². The van der Waals surface area contributed by atoms with Gasteiger partial charge in [-0.05, 0) is 22.0 Å². The van der Waals surface area contributed by atoms with Crippen molar-refractivity contribution in [1.29, 1.82) is 5.26 Å². The molecule has 0 saturated heterocycles. The monoisotopic (exact) mass is 270 g/mol. The zero-order valence-corrected chi connectivity index (χ0v) is 9.23. The lowest BCUT2D eigenvalue weighted by Crippen LogP contribution is -1.97. The number of hydrogen-bond donors (Lipinski definition) is 0. The van der Waals surface area contributed by atoms with Crippen LogP contribution in [-0.2, 0) is 0 Å². The average Bonchev–Trinajstić information content (AvgIpc) is 2.20. The third kappa shape index (κ3) is 3.22. The van der Waals surface area contributed by atoms with E-state index < -0.39 is 4.92 Å². The predicted molar refractivity (Wildman–Crippen MR) is 56.5 cm³/mol. The van der Waals surface area contributed by atoms with Crippen molar-refractivity contribution >= 4 is 21.6 Å². The molecule has 0 heterocycles. The molecular weight excluding hydrogens is 264 g/mol. The second kappa shape index (κ2) is 5.32. The van der Waals surface area contributed by atoms with E-state index in [9.17, 15) is 10.1 Å². The Bertz CT molecular complexity index is 414. The minimum absolute atomic E-state index is 0.0369. The Labute approximate surface area is 94.6 Å². The number of benzene rings is 1. The van der Waals surface area contributed by atoms with Crippen LogP contribution in [0.25, 0.3) is 0 Å². The minimum Gasteiger partial charge on any atom is -0.491 e. The summed E-state index contributed by atoms with van der Waals surface area (Å²) in [7, 11) is 0. The predicted octanol–water partition coefficient (Wildman–Crippen LogP) is 2.65. The highest BCUT2D eigenvalue weighted by Gasteiger charge is 2.09. The molecule has 0 aliphatic rings. The highest BCUT2D eigenvalue weighted by molar-refractivity contribution is 9.10. The molecule has 0 unspecified atom stereocenters. The van der Waals surface area contributed by atoms with Crippen molar-refractivity contribution in [3.05, 3.63) is 32.8 Å². The number of halogens is 1. The average molecular weight is 271 g/mol. The molecule has 0 atom stereocenters. The molecule has 5 nitrogen and oxygen atoms in total. The van der Waals surface area contributed by atoms with Gasteiger partial charge in [0.1, 0.15) is 12.4 Å². The third-order valence-corrected chi connectivity index (χ3v) is 2.25. The van der Waals surface area contributed by atoms with Crippen LogP contribution >= 0.6 is 15.9 Å². The van der Waals surface area contributed by atoms with Gasteiger partial charge in [-0.2, -0.15) is 5.26 Å². The molecule has 0 saturated carbocycles. The SMILES string of the molecule is N#CCCOc1cc([N+](=O)[O-])ccc1Br. The normalized spacial score (nSPS) is 9.33. The third-order valence-electron chi connectivity index (χ3n) is 1.60. The molecular formula is C9H7BrN2O3. The highest BCUT2D eigenvalue weighted by Crippen LogP contribution is 2.29. The van der Waals surface area contributed by atoms with Gasteiger partial charge in [0, 0.05) is 6.07 Å². The lowest BCUT2D eigenvalue weighted by atomic mass is 10.3. The first-order valence-electron chi connectivity index (χ1n) is 4.09. The van der Waals surface area contributed by atoms with Crippen molar-refractivity contribution in [2.75, 3.05) is 6.61 Å². The van der Waals surface area contributed by atoms with Gasteiger partial charge in [-0.15, -0.1) is 0 Å². The van der Waals surface area contributed by atoms with Crippen molar-refractivity contribution in [2.45, 2.75) is 6.42 Å². The number of ether oxygens (including phenoxy) is 1. The smallest absolute Gasteiger partial charge is 0.273 e. The molecule has 0 bridgehead atoms. The lowest BCUT2D eigenvalue weighted by Gasteiger charge is -2.05. The Kier molecular flexibility index (Phi) is 4.06. The van der Waals surface area contributed by atoms with Gasteiger partial charge in [0.05, 0.1) is 28.0 Å². The summed E-state index contributed by atoms with van der Waals surface area (Å²) in [6, 6.07) is 6.16. The summed E-state index contributed by atoms with van der Waals surface area (Å²) in [5.74, 6) is 0.374. The van der Waals surface area contributed by atoms with Crippen LogP contribution in [0.2, 0.25) is 0 Å².